The first kappa shape index (κ1) is 9.15. The van der Waals surface area contributed by atoms with Gasteiger partial charge in [-0.05, 0) is 5.56 Å². The summed E-state index contributed by atoms with van der Waals surface area (Å²) >= 11 is 1.45. The van der Waals surface area contributed by atoms with E-state index in [1.165, 1.54) is 16.9 Å². The Morgan fingerprint density at radius 1 is 1.21 bits per heavy atom. The molecule has 0 fully saturated rings. The number of nitrogens with two attached hydrogens (primary N) is 1. The van der Waals surface area contributed by atoms with E-state index in [2.05, 4.69) is 29.3 Å². The van der Waals surface area contributed by atoms with Crippen LogP contribution in [0.25, 0.3) is 0 Å². The van der Waals surface area contributed by atoms with E-state index < -0.39 is 0 Å². The molecule has 0 bridgehead atoms. The van der Waals surface area contributed by atoms with Gasteiger partial charge in [0, 0.05) is 5.92 Å². The van der Waals surface area contributed by atoms with Crippen LogP contribution in [0.3, 0.4) is 0 Å². The van der Waals surface area contributed by atoms with E-state index in [-0.39, 0.29) is 5.92 Å². The number of rotatable bonds is 2. The van der Waals surface area contributed by atoms with Gasteiger partial charge < -0.3 is 5.73 Å². The lowest BCUT2D eigenvalue weighted by Crippen LogP contribution is -1.94. The van der Waals surface area contributed by atoms with Crippen LogP contribution in [0.4, 0.5) is 5.13 Å². The minimum atomic E-state index is 0.269. The normalized spacial score (nSPS) is 12.6. The van der Waals surface area contributed by atoms with Crippen molar-refractivity contribution in [3.05, 3.63) is 40.9 Å². The highest BCUT2D eigenvalue weighted by Gasteiger charge is 2.12. The second-order valence-electron chi connectivity index (χ2n) is 3.11. The lowest BCUT2D eigenvalue weighted by atomic mass is 10.0. The Labute approximate surface area is 86.6 Å². The number of benzene rings is 1. The largest absolute Gasteiger partial charge is 0.374 e. The summed E-state index contributed by atoms with van der Waals surface area (Å²) in [4.78, 5) is 0. The van der Waals surface area contributed by atoms with Gasteiger partial charge in [-0.1, -0.05) is 48.6 Å². The van der Waals surface area contributed by atoms with E-state index in [1.54, 1.807) is 0 Å². The molecule has 3 nitrogen and oxygen atoms in total. The first-order chi connectivity index (χ1) is 6.77. The van der Waals surface area contributed by atoms with Gasteiger partial charge in [0.25, 0.3) is 0 Å². The molecule has 0 aliphatic heterocycles. The predicted molar refractivity (Wildman–Crippen MR) is 58.3 cm³/mol. The summed E-state index contributed by atoms with van der Waals surface area (Å²) in [5, 5.41) is 9.34. The summed E-state index contributed by atoms with van der Waals surface area (Å²) in [6.45, 7) is 2.11. The maximum Gasteiger partial charge on any atom is 0.203 e. The molecule has 1 aromatic carbocycles. The summed E-state index contributed by atoms with van der Waals surface area (Å²) in [6.07, 6.45) is 0. The maximum atomic E-state index is 5.54. The molecule has 1 aromatic heterocycles. The molecule has 0 spiro atoms. The van der Waals surface area contributed by atoms with Crippen molar-refractivity contribution in [2.24, 2.45) is 0 Å². The fourth-order valence-electron chi connectivity index (χ4n) is 1.31. The molecular formula is C10H11N3S. The topological polar surface area (TPSA) is 51.8 Å². The average molecular weight is 205 g/mol. The van der Waals surface area contributed by atoms with Crippen LogP contribution in [0.2, 0.25) is 0 Å². The highest BCUT2D eigenvalue weighted by molar-refractivity contribution is 7.15. The Morgan fingerprint density at radius 3 is 2.50 bits per heavy atom. The third-order valence-electron chi connectivity index (χ3n) is 2.13. The Balaban J connectivity index is 2.29. The van der Waals surface area contributed by atoms with Crippen molar-refractivity contribution in [1.29, 1.82) is 0 Å². The highest BCUT2D eigenvalue weighted by atomic mass is 32.1. The second kappa shape index (κ2) is 3.75. The quantitative estimate of drug-likeness (QED) is 0.818. The minimum absolute atomic E-state index is 0.269. The van der Waals surface area contributed by atoms with Gasteiger partial charge >= 0.3 is 0 Å². The van der Waals surface area contributed by atoms with Gasteiger partial charge in [-0.25, -0.2) is 0 Å². The Hall–Kier alpha value is -1.42. The van der Waals surface area contributed by atoms with Gasteiger partial charge in [-0.2, -0.15) is 0 Å². The molecule has 4 heteroatoms. The summed E-state index contributed by atoms with van der Waals surface area (Å²) in [5.74, 6) is 0.269. The van der Waals surface area contributed by atoms with E-state index in [0.717, 1.165) is 5.01 Å². The molecule has 2 N–H and O–H groups in total. The molecule has 0 unspecified atom stereocenters. The monoisotopic (exact) mass is 205 g/mol. The fourth-order valence-corrected chi connectivity index (χ4v) is 2.00. The van der Waals surface area contributed by atoms with Crippen molar-refractivity contribution in [1.82, 2.24) is 10.2 Å². The predicted octanol–water partition coefficient (Wildman–Crippen LogP) is 2.27. The molecule has 0 saturated carbocycles. The number of hydrogen-bond acceptors (Lipinski definition) is 4. The van der Waals surface area contributed by atoms with Gasteiger partial charge in [0.2, 0.25) is 5.13 Å². The van der Waals surface area contributed by atoms with Crippen LogP contribution in [-0.4, -0.2) is 10.2 Å². The van der Waals surface area contributed by atoms with Crippen LogP contribution in [0.1, 0.15) is 23.4 Å². The molecule has 72 valence electrons. The summed E-state index contributed by atoms with van der Waals surface area (Å²) in [6, 6.07) is 10.2. The zero-order chi connectivity index (χ0) is 9.97. The summed E-state index contributed by atoms with van der Waals surface area (Å²) < 4.78 is 0. The number of aromatic nitrogens is 2. The van der Waals surface area contributed by atoms with Crippen molar-refractivity contribution >= 4 is 16.5 Å². The summed E-state index contributed by atoms with van der Waals surface area (Å²) in [7, 11) is 0. The number of nitrogens with zero attached hydrogens (tertiary/aromatic N) is 2. The zero-order valence-corrected chi connectivity index (χ0v) is 8.66. The van der Waals surface area contributed by atoms with Crippen LogP contribution >= 0.6 is 11.3 Å². The van der Waals surface area contributed by atoms with Crippen LogP contribution < -0.4 is 5.73 Å². The zero-order valence-electron chi connectivity index (χ0n) is 7.84. The molecule has 14 heavy (non-hydrogen) atoms. The Morgan fingerprint density at radius 2 is 1.93 bits per heavy atom. The van der Waals surface area contributed by atoms with Crippen molar-refractivity contribution in [2.45, 2.75) is 12.8 Å². The van der Waals surface area contributed by atoms with Crippen molar-refractivity contribution in [3.63, 3.8) is 0 Å². The third kappa shape index (κ3) is 1.75. The van der Waals surface area contributed by atoms with Crippen LogP contribution in [0.15, 0.2) is 30.3 Å². The molecule has 1 heterocycles. The lowest BCUT2D eigenvalue weighted by molar-refractivity contribution is 0.869. The highest BCUT2D eigenvalue weighted by Crippen LogP contribution is 2.26. The summed E-state index contributed by atoms with van der Waals surface area (Å²) in [5.41, 5.74) is 6.78. The first-order valence-electron chi connectivity index (χ1n) is 4.41. The number of hydrogen-bond donors (Lipinski definition) is 1. The van der Waals surface area contributed by atoms with Crippen molar-refractivity contribution in [3.8, 4) is 0 Å². The molecule has 0 radical (unpaired) electrons. The van der Waals surface area contributed by atoms with E-state index in [0.29, 0.717) is 5.13 Å². The lowest BCUT2D eigenvalue weighted by Gasteiger charge is -2.06. The van der Waals surface area contributed by atoms with E-state index in [9.17, 15) is 0 Å². The van der Waals surface area contributed by atoms with Crippen molar-refractivity contribution in [2.75, 3.05) is 5.73 Å². The number of nitrogen functional groups attached to an aromatic ring is 1. The van der Waals surface area contributed by atoms with Gasteiger partial charge in [0.1, 0.15) is 5.01 Å². The van der Waals surface area contributed by atoms with E-state index in [1.807, 2.05) is 18.2 Å². The molecule has 2 aromatic rings. The van der Waals surface area contributed by atoms with Gasteiger partial charge in [-0.15, -0.1) is 10.2 Å². The van der Waals surface area contributed by atoms with Gasteiger partial charge in [0.15, 0.2) is 0 Å². The molecule has 2 rings (SSSR count). The van der Waals surface area contributed by atoms with Gasteiger partial charge in [-0.3, -0.25) is 0 Å². The van der Waals surface area contributed by atoms with Crippen LogP contribution in [0, 0.1) is 0 Å². The minimum Gasteiger partial charge on any atom is -0.374 e. The molecule has 1 atom stereocenters. The molecule has 0 amide bonds. The van der Waals surface area contributed by atoms with Crippen LogP contribution in [0.5, 0.6) is 0 Å². The number of anilines is 1. The molecule has 0 aliphatic rings. The molecule has 0 saturated heterocycles. The average Bonchev–Trinajstić information content (AvgIpc) is 2.65. The Kier molecular flexibility index (Phi) is 2.45. The van der Waals surface area contributed by atoms with E-state index >= 15 is 0 Å². The van der Waals surface area contributed by atoms with Crippen LogP contribution in [-0.2, 0) is 0 Å². The van der Waals surface area contributed by atoms with E-state index in [4.69, 9.17) is 5.73 Å². The molecular weight excluding hydrogens is 194 g/mol. The van der Waals surface area contributed by atoms with Crippen molar-refractivity contribution < 1.29 is 0 Å². The first-order valence-corrected chi connectivity index (χ1v) is 5.23. The standard InChI is InChI=1S/C10H11N3S/c1-7(8-5-3-2-4-6-8)9-12-13-10(11)14-9/h2-7H,1H3,(H2,11,13)/t7-/m1/s1. The Bertz CT molecular complexity index is 410. The fraction of sp³-hybridized carbons (Fsp3) is 0.200. The SMILES string of the molecule is C[C@H](c1ccccc1)c1nnc(N)s1. The third-order valence-corrected chi connectivity index (χ3v) is 3.06. The van der Waals surface area contributed by atoms with Gasteiger partial charge in [0.05, 0.1) is 0 Å². The smallest absolute Gasteiger partial charge is 0.203 e. The second-order valence-corrected chi connectivity index (χ2v) is 4.15. The molecule has 0 aliphatic carbocycles. The maximum absolute atomic E-state index is 5.54.